The Morgan fingerprint density at radius 1 is 1.36 bits per heavy atom. The average molecular weight is 426 g/mol. The lowest BCUT2D eigenvalue weighted by atomic mass is 9.92. The van der Waals surface area contributed by atoms with E-state index >= 15 is 0 Å². The number of carbonyl (C=O) groups is 1. The molecule has 1 spiro atoms. The molecular weight excluding hydrogens is 404 g/mol. The first-order valence-electron chi connectivity index (χ1n) is 8.42. The summed E-state index contributed by atoms with van der Waals surface area (Å²) < 4.78 is 2.79. The van der Waals surface area contributed by atoms with Gasteiger partial charge in [-0.15, -0.1) is 12.4 Å². The molecule has 5 nitrogen and oxygen atoms in total. The second-order valence-electron chi connectivity index (χ2n) is 6.92. The van der Waals surface area contributed by atoms with Crippen molar-refractivity contribution < 1.29 is 4.79 Å². The first kappa shape index (κ1) is 18.4. The number of nitrogens with one attached hydrogen (secondary N) is 2. The van der Waals surface area contributed by atoms with E-state index in [2.05, 4.69) is 31.7 Å². The molecule has 0 radical (unpaired) electrons. The molecular formula is C18H22BrClN4O. The van der Waals surface area contributed by atoms with Crippen LogP contribution in [0.5, 0.6) is 0 Å². The molecule has 1 aliphatic heterocycles. The maximum Gasteiger partial charge on any atom is 0.229 e. The van der Waals surface area contributed by atoms with Crippen LogP contribution in [-0.2, 0) is 4.79 Å². The van der Waals surface area contributed by atoms with Gasteiger partial charge in [-0.3, -0.25) is 4.79 Å². The summed E-state index contributed by atoms with van der Waals surface area (Å²) in [6, 6.07) is 9.85. The molecule has 7 heteroatoms. The van der Waals surface area contributed by atoms with Gasteiger partial charge in [-0.25, -0.2) is 4.68 Å². The van der Waals surface area contributed by atoms with Gasteiger partial charge < -0.3 is 10.6 Å². The molecule has 1 aliphatic carbocycles. The maximum absolute atomic E-state index is 12.7. The Morgan fingerprint density at radius 2 is 2.12 bits per heavy atom. The smallest absolute Gasteiger partial charge is 0.229 e. The number of hydrogen-bond donors (Lipinski definition) is 2. The molecule has 1 saturated carbocycles. The average Bonchev–Trinajstić information content (AvgIpc) is 3.12. The van der Waals surface area contributed by atoms with Crippen molar-refractivity contribution in [3.8, 4) is 5.69 Å². The molecule has 1 amide bonds. The van der Waals surface area contributed by atoms with Gasteiger partial charge in [0.1, 0.15) is 5.82 Å². The summed E-state index contributed by atoms with van der Waals surface area (Å²) in [4.78, 5) is 12.7. The summed E-state index contributed by atoms with van der Waals surface area (Å²) in [6.45, 7) is 3.99. The maximum atomic E-state index is 12.7. The van der Waals surface area contributed by atoms with E-state index in [1.54, 1.807) is 4.68 Å². The van der Waals surface area contributed by atoms with Crippen molar-refractivity contribution in [1.29, 1.82) is 0 Å². The molecule has 1 aromatic carbocycles. The summed E-state index contributed by atoms with van der Waals surface area (Å²) in [5, 5.41) is 11.0. The van der Waals surface area contributed by atoms with Crippen LogP contribution in [0.3, 0.4) is 0 Å². The van der Waals surface area contributed by atoms with E-state index in [1.807, 2.05) is 37.3 Å². The van der Waals surface area contributed by atoms with Crippen molar-refractivity contribution in [2.75, 3.05) is 18.4 Å². The number of anilines is 1. The Balaban J connectivity index is 0.00000182. The summed E-state index contributed by atoms with van der Waals surface area (Å²) in [7, 11) is 0. The van der Waals surface area contributed by atoms with Gasteiger partial charge in [0.25, 0.3) is 0 Å². The Bertz CT molecular complexity index is 785. The molecule has 1 saturated heterocycles. The number of hydrogen-bond acceptors (Lipinski definition) is 3. The van der Waals surface area contributed by atoms with Crippen LogP contribution in [0.4, 0.5) is 5.82 Å². The normalized spacial score (nSPS) is 20.8. The van der Waals surface area contributed by atoms with Gasteiger partial charge in [-0.2, -0.15) is 5.10 Å². The second-order valence-corrected chi connectivity index (χ2v) is 7.84. The Morgan fingerprint density at radius 3 is 2.84 bits per heavy atom. The van der Waals surface area contributed by atoms with Gasteiger partial charge in [-0.1, -0.05) is 22.0 Å². The fraction of sp³-hybridized carbons (Fsp3) is 0.444. The number of rotatable bonds is 3. The SMILES string of the molecule is Cc1cc(NC(=O)C2CC23CCNCC3)n(-c2cccc(Br)c2)n1.Cl. The van der Waals surface area contributed by atoms with Gasteiger partial charge in [0.05, 0.1) is 11.4 Å². The van der Waals surface area contributed by atoms with Crippen LogP contribution in [0, 0.1) is 18.3 Å². The summed E-state index contributed by atoms with van der Waals surface area (Å²) in [5.41, 5.74) is 2.06. The summed E-state index contributed by atoms with van der Waals surface area (Å²) in [6.07, 6.45) is 3.23. The van der Waals surface area contributed by atoms with Crippen LogP contribution >= 0.6 is 28.3 Å². The third-order valence-corrected chi connectivity index (χ3v) is 5.73. The fourth-order valence-electron chi connectivity index (χ4n) is 3.80. The van der Waals surface area contributed by atoms with Crippen molar-refractivity contribution in [2.45, 2.75) is 26.2 Å². The van der Waals surface area contributed by atoms with Gasteiger partial charge in [0, 0.05) is 16.5 Å². The molecule has 1 unspecified atom stereocenters. The monoisotopic (exact) mass is 424 g/mol. The Kier molecular flexibility index (Phi) is 5.23. The number of halogens is 2. The predicted molar refractivity (Wildman–Crippen MR) is 105 cm³/mol. The zero-order valence-corrected chi connectivity index (χ0v) is 16.5. The number of carbonyl (C=O) groups excluding carboxylic acids is 1. The molecule has 25 heavy (non-hydrogen) atoms. The lowest BCUT2D eigenvalue weighted by Gasteiger charge is -2.23. The van der Waals surface area contributed by atoms with E-state index in [4.69, 9.17) is 0 Å². The lowest BCUT2D eigenvalue weighted by Crippen LogP contribution is -2.31. The van der Waals surface area contributed by atoms with Crippen LogP contribution in [-0.4, -0.2) is 28.8 Å². The zero-order valence-electron chi connectivity index (χ0n) is 14.1. The Hall–Kier alpha value is -1.37. The van der Waals surface area contributed by atoms with Crippen molar-refractivity contribution in [3.05, 3.63) is 40.5 Å². The molecule has 2 N–H and O–H groups in total. The molecule has 2 aromatic rings. The quantitative estimate of drug-likeness (QED) is 0.788. The predicted octanol–water partition coefficient (Wildman–Crippen LogP) is 3.69. The highest BCUT2D eigenvalue weighted by Crippen LogP contribution is 2.58. The Labute approximate surface area is 162 Å². The molecule has 0 bridgehead atoms. The van der Waals surface area contributed by atoms with Crippen molar-refractivity contribution >= 4 is 40.1 Å². The van der Waals surface area contributed by atoms with E-state index in [1.165, 1.54) is 0 Å². The highest BCUT2D eigenvalue weighted by molar-refractivity contribution is 9.10. The van der Waals surface area contributed by atoms with Gasteiger partial charge in [0.2, 0.25) is 5.91 Å². The number of nitrogens with zero attached hydrogens (tertiary/aromatic N) is 2. The van der Waals surface area contributed by atoms with E-state index in [0.29, 0.717) is 0 Å². The number of benzene rings is 1. The van der Waals surface area contributed by atoms with Gasteiger partial charge in [-0.05, 0) is 62.9 Å². The van der Waals surface area contributed by atoms with Crippen molar-refractivity contribution in [3.63, 3.8) is 0 Å². The van der Waals surface area contributed by atoms with Crippen LogP contribution in [0.2, 0.25) is 0 Å². The van der Waals surface area contributed by atoms with Gasteiger partial charge in [0.15, 0.2) is 0 Å². The summed E-state index contributed by atoms with van der Waals surface area (Å²) >= 11 is 3.49. The van der Waals surface area contributed by atoms with E-state index in [0.717, 1.165) is 54.0 Å². The molecule has 1 aromatic heterocycles. The molecule has 134 valence electrons. The van der Waals surface area contributed by atoms with Gasteiger partial charge >= 0.3 is 0 Å². The standard InChI is InChI=1S/C18H21BrN4O.ClH/c1-12-9-16(23(22-12)14-4-2-3-13(19)10-14)21-17(24)15-11-18(15)5-7-20-8-6-18;/h2-4,9-10,15,20H,5-8,11H2,1H3,(H,21,24);1H. The summed E-state index contributed by atoms with van der Waals surface area (Å²) in [5.74, 6) is 1.02. The minimum absolute atomic E-state index is 0. The molecule has 2 heterocycles. The first-order valence-corrected chi connectivity index (χ1v) is 9.21. The molecule has 2 aliphatic rings. The van der Waals surface area contributed by atoms with E-state index < -0.39 is 0 Å². The number of aryl methyl sites for hydroxylation is 1. The van der Waals surface area contributed by atoms with E-state index in [9.17, 15) is 4.79 Å². The molecule has 4 rings (SSSR count). The second kappa shape index (κ2) is 7.09. The first-order chi connectivity index (χ1) is 11.6. The third-order valence-electron chi connectivity index (χ3n) is 5.24. The topological polar surface area (TPSA) is 59.0 Å². The minimum atomic E-state index is 0. The van der Waals surface area contributed by atoms with E-state index in [-0.39, 0.29) is 29.6 Å². The fourth-order valence-corrected chi connectivity index (χ4v) is 4.19. The highest BCUT2D eigenvalue weighted by Gasteiger charge is 2.57. The van der Waals surface area contributed by atoms with Crippen molar-refractivity contribution in [1.82, 2.24) is 15.1 Å². The molecule has 1 atom stereocenters. The van der Waals surface area contributed by atoms with Crippen molar-refractivity contribution in [2.24, 2.45) is 11.3 Å². The molecule has 2 fully saturated rings. The lowest BCUT2D eigenvalue weighted by molar-refractivity contribution is -0.118. The van der Waals surface area contributed by atoms with Crippen LogP contribution < -0.4 is 10.6 Å². The number of piperidine rings is 1. The van der Waals surface area contributed by atoms with Crippen LogP contribution in [0.1, 0.15) is 25.0 Å². The van der Waals surface area contributed by atoms with Crippen LogP contribution in [0.15, 0.2) is 34.8 Å². The van der Waals surface area contributed by atoms with Crippen LogP contribution in [0.25, 0.3) is 5.69 Å². The minimum Gasteiger partial charge on any atom is -0.317 e. The highest BCUT2D eigenvalue weighted by atomic mass is 79.9. The largest absolute Gasteiger partial charge is 0.317 e. The number of amides is 1. The third kappa shape index (κ3) is 3.61. The number of aromatic nitrogens is 2. The zero-order chi connectivity index (χ0) is 16.7.